The molecule has 0 bridgehead atoms. The second-order valence-corrected chi connectivity index (χ2v) is 6.06. The van der Waals surface area contributed by atoms with Crippen LogP contribution in [0.4, 0.5) is 15.8 Å². The monoisotopic (exact) mass is 352 g/mol. The van der Waals surface area contributed by atoms with Gasteiger partial charge in [0, 0.05) is 18.7 Å². The molecular weight excluding hydrogens is 335 g/mol. The number of anilines is 2. The van der Waals surface area contributed by atoms with Gasteiger partial charge in [0.2, 0.25) is 0 Å². The number of hydrogen-bond acceptors (Lipinski definition) is 5. The van der Waals surface area contributed by atoms with Crippen molar-refractivity contribution in [2.24, 2.45) is 0 Å². The Balaban J connectivity index is 1.55. The standard InChI is InChI=1S/C18H17FN6O/c19-14-5-3-13(4-6-14)18(26)23-15-9-22-25(11-15)17-16(10-20-12-21-17)24-7-1-2-8-24/h3-6,9-12H,1-2,7-8H2,(H,23,26). The Labute approximate surface area is 149 Å². The van der Waals surface area contributed by atoms with Crippen molar-refractivity contribution in [1.82, 2.24) is 19.7 Å². The molecule has 1 aliphatic heterocycles. The lowest BCUT2D eigenvalue weighted by atomic mass is 10.2. The molecule has 7 nitrogen and oxygen atoms in total. The number of hydrogen-bond donors (Lipinski definition) is 1. The molecule has 3 aromatic rings. The summed E-state index contributed by atoms with van der Waals surface area (Å²) in [6.45, 7) is 1.94. The van der Waals surface area contributed by atoms with E-state index in [9.17, 15) is 9.18 Å². The van der Waals surface area contributed by atoms with E-state index in [1.165, 1.54) is 30.6 Å². The van der Waals surface area contributed by atoms with E-state index in [-0.39, 0.29) is 11.7 Å². The molecule has 1 fully saturated rings. The van der Waals surface area contributed by atoms with Gasteiger partial charge in [0.05, 0.1) is 24.3 Å². The highest BCUT2D eigenvalue weighted by Crippen LogP contribution is 2.25. The highest BCUT2D eigenvalue weighted by molar-refractivity contribution is 6.04. The fourth-order valence-corrected chi connectivity index (χ4v) is 2.98. The van der Waals surface area contributed by atoms with Crippen LogP contribution in [0.15, 0.2) is 49.2 Å². The molecule has 4 rings (SSSR count). The number of nitrogens with zero attached hydrogens (tertiary/aromatic N) is 5. The summed E-state index contributed by atoms with van der Waals surface area (Å²) in [6.07, 6.45) is 8.80. The summed E-state index contributed by atoms with van der Waals surface area (Å²) in [7, 11) is 0. The highest BCUT2D eigenvalue weighted by Gasteiger charge is 2.18. The van der Waals surface area contributed by atoms with Crippen LogP contribution in [-0.2, 0) is 0 Å². The van der Waals surface area contributed by atoms with E-state index in [0.29, 0.717) is 17.1 Å². The van der Waals surface area contributed by atoms with E-state index in [1.54, 1.807) is 23.3 Å². The van der Waals surface area contributed by atoms with E-state index >= 15 is 0 Å². The molecule has 8 heteroatoms. The number of carbonyl (C=O) groups excluding carboxylic acids is 1. The third kappa shape index (κ3) is 3.26. The molecule has 1 aromatic carbocycles. The predicted octanol–water partition coefficient (Wildman–Crippen LogP) is 2.65. The molecule has 0 aliphatic carbocycles. The van der Waals surface area contributed by atoms with Gasteiger partial charge < -0.3 is 10.2 Å². The first kappa shape index (κ1) is 16.2. The number of aromatic nitrogens is 4. The fourth-order valence-electron chi connectivity index (χ4n) is 2.98. The molecule has 0 saturated carbocycles. The van der Waals surface area contributed by atoms with Crippen molar-refractivity contribution in [3.8, 4) is 5.82 Å². The van der Waals surface area contributed by atoms with E-state index in [4.69, 9.17) is 0 Å². The van der Waals surface area contributed by atoms with Crippen LogP contribution < -0.4 is 10.2 Å². The highest BCUT2D eigenvalue weighted by atomic mass is 19.1. The third-order valence-electron chi connectivity index (χ3n) is 4.28. The number of benzene rings is 1. The molecule has 1 amide bonds. The van der Waals surface area contributed by atoms with Crippen LogP contribution in [0.5, 0.6) is 0 Å². The maximum absolute atomic E-state index is 13.0. The predicted molar refractivity (Wildman–Crippen MR) is 95.0 cm³/mol. The first-order valence-corrected chi connectivity index (χ1v) is 8.37. The van der Waals surface area contributed by atoms with Gasteiger partial charge in [-0.3, -0.25) is 4.79 Å². The zero-order chi connectivity index (χ0) is 17.9. The number of nitrogens with one attached hydrogen (secondary N) is 1. The maximum atomic E-state index is 13.0. The zero-order valence-electron chi connectivity index (χ0n) is 14.0. The van der Waals surface area contributed by atoms with Gasteiger partial charge in [-0.2, -0.15) is 5.10 Å². The molecule has 0 spiro atoms. The largest absolute Gasteiger partial charge is 0.367 e. The van der Waals surface area contributed by atoms with E-state index in [2.05, 4.69) is 25.3 Å². The maximum Gasteiger partial charge on any atom is 0.255 e. The van der Waals surface area contributed by atoms with E-state index in [1.807, 2.05) is 0 Å². The average Bonchev–Trinajstić information content (AvgIpc) is 3.34. The summed E-state index contributed by atoms with van der Waals surface area (Å²) < 4.78 is 14.6. The van der Waals surface area contributed by atoms with Crippen LogP contribution in [0.25, 0.3) is 5.82 Å². The van der Waals surface area contributed by atoms with Crippen LogP contribution >= 0.6 is 0 Å². The van der Waals surface area contributed by atoms with E-state index < -0.39 is 0 Å². The molecule has 1 saturated heterocycles. The minimum atomic E-state index is -0.382. The molecular formula is C18H17FN6O. The third-order valence-corrected chi connectivity index (χ3v) is 4.28. The molecule has 2 aromatic heterocycles. The Morgan fingerprint density at radius 1 is 1.12 bits per heavy atom. The molecule has 0 atom stereocenters. The normalized spacial score (nSPS) is 13.8. The van der Waals surface area contributed by atoms with Crippen molar-refractivity contribution in [3.05, 3.63) is 60.6 Å². The minimum Gasteiger partial charge on any atom is -0.367 e. The van der Waals surface area contributed by atoms with Gasteiger partial charge in [-0.25, -0.2) is 19.0 Å². The average molecular weight is 352 g/mol. The van der Waals surface area contributed by atoms with Crippen molar-refractivity contribution >= 4 is 17.3 Å². The molecule has 3 heterocycles. The summed E-state index contributed by atoms with van der Waals surface area (Å²) in [5.74, 6) is -0.0382. The smallest absolute Gasteiger partial charge is 0.255 e. The van der Waals surface area contributed by atoms with Gasteiger partial charge in [-0.15, -0.1) is 0 Å². The summed E-state index contributed by atoms with van der Waals surface area (Å²) in [5, 5.41) is 7.06. The van der Waals surface area contributed by atoms with Gasteiger partial charge >= 0.3 is 0 Å². The summed E-state index contributed by atoms with van der Waals surface area (Å²) >= 11 is 0. The Kier molecular flexibility index (Phi) is 4.30. The van der Waals surface area contributed by atoms with E-state index in [0.717, 1.165) is 31.6 Å². The van der Waals surface area contributed by atoms with Gasteiger partial charge in [-0.05, 0) is 37.1 Å². The second-order valence-electron chi connectivity index (χ2n) is 6.06. The first-order valence-electron chi connectivity index (χ1n) is 8.37. The zero-order valence-corrected chi connectivity index (χ0v) is 14.0. The summed E-state index contributed by atoms with van der Waals surface area (Å²) in [5.41, 5.74) is 1.83. The Morgan fingerprint density at radius 3 is 2.65 bits per heavy atom. The van der Waals surface area contributed by atoms with Crippen LogP contribution in [-0.4, -0.2) is 38.7 Å². The molecule has 0 radical (unpaired) electrons. The number of halogens is 1. The topological polar surface area (TPSA) is 75.9 Å². The van der Waals surface area contributed by atoms with Gasteiger partial charge in [0.1, 0.15) is 17.8 Å². The Morgan fingerprint density at radius 2 is 1.88 bits per heavy atom. The van der Waals surface area contributed by atoms with Crippen molar-refractivity contribution in [2.75, 3.05) is 23.3 Å². The lowest BCUT2D eigenvalue weighted by molar-refractivity contribution is 0.102. The first-order chi connectivity index (χ1) is 12.7. The van der Waals surface area contributed by atoms with Crippen LogP contribution in [0.1, 0.15) is 23.2 Å². The van der Waals surface area contributed by atoms with Crippen molar-refractivity contribution < 1.29 is 9.18 Å². The quantitative estimate of drug-likeness (QED) is 0.781. The molecule has 1 N–H and O–H groups in total. The number of rotatable bonds is 4. The molecule has 0 unspecified atom stereocenters. The van der Waals surface area contributed by atoms with Crippen LogP contribution in [0, 0.1) is 5.82 Å². The van der Waals surface area contributed by atoms with Crippen molar-refractivity contribution in [3.63, 3.8) is 0 Å². The van der Waals surface area contributed by atoms with Gasteiger partial charge in [0.15, 0.2) is 5.82 Å². The van der Waals surface area contributed by atoms with Crippen LogP contribution in [0.2, 0.25) is 0 Å². The molecule has 26 heavy (non-hydrogen) atoms. The lowest BCUT2D eigenvalue weighted by Gasteiger charge is -2.19. The van der Waals surface area contributed by atoms with Gasteiger partial charge in [-0.1, -0.05) is 0 Å². The fraction of sp³-hybridized carbons (Fsp3) is 0.222. The molecule has 132 valence electrons. The Bertz CT molecular complexity index is 917. The number of carbonyl (C=O) groups is 1. The Hall–Kier alpha value is -3.29. The lowest BCUT2D eigenvalue weighted by Crippen LogP contribution is -2.20. The minimum absolute atomic E-state index is 0.327. The summed E-state index contributed by atoms with van der Waals surface area (Å²) in [6, 6.07) is 5.37. The second kappa shape index (κ2) is 6.91. The van der Waals surface area contributed by atoms with Crippen molar-refractivity contribution in [2.45, 2.75) is 12.8 Å². The number of amides is 1. The SMILES string of the molecule is O=C(Nc1cnn(-c2ncncc2N2CCCC2)c1)c1ccc(F)cc1. The molecule has 1 aliphatic rings. The van der Waals surface area contributed by atoms with Gasteiger partial charge in [0.25, 0.3) is 5.91 Å². The summed E-state index contributed by atoms with van der Waals surface area (Å²) in [4.78, 5) is 22.9. The van der Waals surface area contributed by atoms with Crippen LogP contribution in [0.3, 0.4) is 0 Å². The van der Waals surface area contributed by atoms with Crippen molar-refractivity contribution in [1.29, 1.82) is 0 Å².